The molecule has 1 unspecified atom stereocenters. The largest absolute Gasteiger partial charge is 0.473 e. The van der Waals surface area contributed by atoms with E-state index in [4.69, 9.17) is 48.1 Å². The van der Waals surface area contributed by atoms with E-state index >= 15 is 0 Å². The van der Waals surface area contributed by atoms with Gasteiger partial charge in [0.1, 0.15) is 0 Å². The van der Waals surface area contributed by atoms with Gasteiger partial charge < -0.3 is 15.1 Å². The lowest BCUT2D eigenvalue weighted by molar-refractivity contribution is -0.159. The lowest BCUT2D eigenvalue weighted by atomic mass is 9.84. The Labute approximate surface area is 226 Å². The summed E-state index contributed by atoms with van der Waals surface area (Å²) in [5, 5.41) is 20.7. The van der Waals surface area contributed by atoms with Gasteiger partial charge in [-0.25, -0.2) is 14.3 Å². The van der Waals surface area contributed by atoms with Crippen LogP contribution in [0.15, 0.2) is 54.7 Å². The van der Waals surface area contributed by atoms with Crippen LogP contribution in [0.1, 0.15) is 60.8 Å². The van der Waals surface area contributed by atoms with Crippen molar-refractivity contribution in [2.45, 2.75) is 50.4 Å². The number of likely N-dealkylation sites (tertiary alicyclic amines) is 1. The SMILES string of the molecule is Clc1ccc(-n2ncc3c2CCCC3CCN2CCC(c3ccccc3)CC2)cc1Cl.O=C(O)C(=O)O. The van der Waals surface area contributed by atoms with Crippen molar-refractivity contribution < 1.29 is 19.8 Å². The highest BCUT2D eigenvalue weighted by atomic mass is 35.5. The van der Waals surface area contributed by atoms with Crippen LogP contribution in [-0.2, 0) is 16.0 Å². The molecule has 37 heavy (non-hydrogen) atoms. The minimum absolute atomic E-state index is 0.578. The summed E-state index contributed by atoms with van der Waals surface area (Å²) in [5.41, 5.74) is 5.28. The van der Waals surface area contributed by atoms with E-state index in [0.29, 0.717) is 16.0 Å². The lowest BCUT2D eigenvalue weighted by Gasteiger charge is -2.33. The van der Waals surface area contributed by atoms with Crippen molar-refractivity contribution in [2.24, 2.45) is 0 Å². The zero-order valence-corrected chi connectivity index (χ0v) is 22.0. The van der Waals surface area contributed by atoms with E-state index in [0.717, 1.165) is 18.0 Å². The van der Waals surface area contributed by atoms with Gasteiger partial charge in [0.05, 0.1) is 21.9 Å². The summed E-state index contributed by atoms with van der Waals surface area (Å²) in [6.07, 6.45) is 9.42. The van der Waals surface area contributed by atoms with E-state index in [1.807, 2.05) is 18.2 Å². The molecule has 2 heterocycles. The second-order valence-electron chi connectivity index (χ2n) is 9.57. The van der Waals surface area contributed by atoms with Gasteiger partial charge in [-0.05, 0) is 99.3 Å². The molecule has 0 saturated carbocycles. The van der Waals surface area contributed by atoms with Crippen LogP contribution < -0.4 is 0 Å². The Morgan fingerprint density at radius 1 is 0.946 bits per heavy atom. The summed E-state index contributed by atoms with van der Waals surface area (Å²) >= 11 is 12.4. The van der Waals surface area contributed by atoms with Crippen molar-refractivity contribution in [2.75, 3.05) is 19.6 Å². The molecule has 5 rings (SSSR count). The first-order valence-corrected chi connectivity index (χ1v) is 13.3. The molecule has 7 nitrogen and oxygen atoms in total. The molecule has 196 valence electrons. The Hall–Kier alpha value is -2.87. The fraction of sp³-hybridized carbons (Fsp3) is 0.393. The number of piperidine rings is 1. The first-order valence-electron chi connectivity index (χ1n) is 12.6. The molecule has 0 amide bonds. The molecule has 0 bridgehead atoms. The molecule has 0 radical (unpaired) electrons. The highest BCUT2D eigenvalue weighted by molar-refractivity contribution is 6.42. The Morgan fingerprint density at radius 2 is 1.65 bits per heavy atom. The van der Waals surface area contributed by atoms with Crippen LogP contribution in [0.25, 0.3) is 5.69 Å². The van der Waals surface area contributed by atoms with Crippen LogP contribution in [-0.4, -0.2) is 56.5 Å². The number of carboxylic acid groups (broad SMARTS) is 2. The van der Waals surface area contributed by atoms with E-state index in [-0.39, 0.29) is 0 Å². The number of carbonyl (C=O) groups is 2. The van der Waals surface area contributed by atoms with Crippen LogP contribution in [0, 0.1) is 0 Å². The topological polar surface area (TPSA) is 95.7 Å². The lowest BCUT2D eigenvalue weighted by Crippen LogP contribution is -2.34. The Kier molecular flexibility index (Phi) is 9.24. The van der Waals surface area contributed by atoms with E-state index in [2.05, 4.69) is 46.1 Å². The van der Waals surface area contributed by atoms with Gasteiger partial charge in [-0.1, -0.05) is 53.5 Å². The molecule has 9 heteroatoms. The van der Waals surface area contributed by atoms with Gasteiger partial charge in [0.25, 0.3) is 0 Å². The standard InChI is InChI=1S/C26H29Cl2N3.C2H2O4/c27-24-10-9-22(17-25(24)28)31-26-8-4-7-21(23(26)18-29-31)13-16-30-14-11-20(12-15-30)19-5-2-1-3-6-19;3-1(4)2(5)6/h1-3,5-6,9-10,17-18,20-21H,4,7-8,11-16H2;(H,3,4)(H,5,6). The number of aromatic nitrogens is 2. The van der Waals surface area contributed by atoms with Crippen molar-refractivity contribution in [3.8, 4) is 5.69 Å². The monoisotopic (exact) mass is 543 g/mol. The number of hydrogen-bond donors (Lipinski definition) is 2. The Bertz CT molecular complexity index is 1210. The van der Waals surface area contributed by atoms with E-state index < -0.39 is 11.9 Å². The minimum atomic E-state index is -1.82. The third-order valence-corrected chi connectivity index (χ3v) is 8.03. The van der Waals surface area contributed by atoms with Crippen molar-refractivity contribution in [1.29, 1.82) is 0 Å². The molecule has 1 saturated heterocycles. The highest BCUT2D eigenvalue weighted by Crippen LogP contribution is 2.36. The van der Waals surface area contributed by atoms with Gasteiger partial charge >= 0.3 is 11.9 Å². The maximum atomic E-state index is 9.10. The van der Waals surface area contributed by atoms with Crippen LogP contribution in [0.2, 0.25) is 10.0 Å². The van der Waals surface area contributed by atoms with Crippen molar-refractivity contribution in [3.63, 3.8) is 0 Å². The Balaban J connectivity index is 0.000000480. The second-order valence-corrected chi connectivity index (χ2v) is 10.4. The quantitative estimate of drug-likeness (QED) is 0.381. The molecule has 3 aromatic rings. The summed E-state index contributed by atoms with van der Waals surface area (Å²) in [5.74, 6) is -2.32. The van der Waals surface area contributed by atoms with Crippen LogP contribution in [0.5, 0.6) is 0 Å². The maximum absolute atomic E-state index is 9.10. The van der Waals surface area contributed by atoms with E-state index in [9.17, 15) is 0 Å². The van der Waals surface area contributed by atoms with Gasteiger partial charge in [-0.15, -0.1) is 0 Å². The number of halogens is 2. The van der Waals surface area contributed by atoms with Crippen molar-refractivity contribution in [1.82, 2.24) is 14.7 Å². The maximum Gasteiger partial charge on any atom is 0.414 e. The summed E-state index contributed by atoms with van der Waals surface area (Å²) in [4.78, 5) is 20.9. The number of benzene rings is 2. The van der Waals surface area contributed by atoms with Crippen molar-refractivity contribution >= 4 is 35.1 Å². The molecule has 2 N–H and O–H groups in total. The van der Waals surface area contributed by atoms with Gasteiger partial charge in [-0.3, -0.25) is 0 Å². The van der Waals surface area contributed by atoms with Crippen LogP contribution in [0.4, 0.5) is 0 Å². The summed E-state index contributed by atoms with van der Waals surface area (Å²) in [7, 11) is 0. The molecule has 1 aliphatic heterocycles. The molecule has 1 aliphatic carbocycles. The number of rotatable bonds is 5. The summed E-state index contributed by atoms with van der Waals surface area (Å²) < 4.78 is 2.06. The summed E-state index contributed by atoms with van der Waals surface area (Å²) in [6.45, 7) is 3.60. The van der Waals surface area contributed by atoms with Crippen molar-refractivity contribution in [3.05, 3.63) is 81.6 Å². The number of fused-ring (bicyclic) bond motifs is 1. The number of carboxylic acids is 2. The molecule has 2 aromatic carbocycles. The van der Waals surface area contributed by atoms with E-state index in [1.54, 1.807) is 0 Å². The first kappa shape index (κ1) is 27.2. The fourth-order valence-electron chi connectivity index (χ4n) is 5.34. The molecule has 1 aromatic heterocycles. The zero-order valence-electron chi connectivity index (χ0n) is 20.5. The zero-order chi connectivity index (χ0) is 26.4. The van der Waals surface area contributed by atoms with Crippen LogP contribution in [0.3, 0.4) is 0 Å². The molecular formula is C28H31Cl2N3O4. The second kappa shape index (κ2) is 12.6. The number of hydrogen-bond acceptors (Lipinski definition) is 4. The van der Waals surface area contributed by atoms with Gasteiger partial charge in [-0.2, -0.15) is 5.10 Å². The minimum Gasteiger partial charge on any atom is -0.473 e. The third kappa shape index (κ3) is 6.92. The van der Waals surface area contributed by atoms with Crippen LogP contribution >= 0.6 is 23.2 Å². The van der Waals surface area contributed by atoms with E-state index in [1.165, 1.54) is 68.6 Å². The molecule has 0 spiro atoms. The fourth-order valence-corrected chi connectivity index (χ4v) is 5.63. The highest BCUT2D eigenvalue weighted by Gasteiger charge is 2.26. The first-order chi connectivity index (χ1) is 17.8. The Morgan fingerprint density at radius 3 is 2.30 bits per heavy atom. The molecule has 1 atom stereocenters. The average molecular weight is 544 g/mol. The van der Waals surface area contributed by atoms with Gasteiger partial charge in [0.2, 0.25) is 0 Å². The summed E-state index contributed by atoms with van der Waals surface area (Å²) in [6, 6.07) is 16.8. The smallest absolute Gasteiger partial charge is 0.414 e. The molecule has 1 fully saturated rings. The van der Waals surface area contributed by atoms with Gasteiger partial charge in [0, 0.05) is 5.69 Å². The normalized spacial score (nSPS) is 17.9. The van der Waals surface area contributed by atoms with Gasteiger partial charge in [0.15, 0.2) is 0 Å². The number of aliphatic carboxylic acids is 2. The molecular weight excluding hydrogens is 513 g/mol. The third-order valence-electron chi connectivity index (χ3n) is 7.29. The predicted molar refractivity (Wildman–Crippen MR) is 144 cm³/mol. The average Bonchev–Trinajstić information content (AvgIpc) is 3.35. The predicted octanol–water partition coefficient (Wildman–Crippen LogP) is 6.02. The molecule has 2 aliphatic rings. The number of nitrogens with zero attached hydrogens (tertiary/aromatic N) is 3.